The number of nitrogens with zero attached hydrogens (tertiary/aromatic N) is 2. The van der Waals surface area contributed by atoms with Crippen molar-refractivity contribution in [3.63, 3.8) is 0 Å². The van der Waals surface area contributed by atoms with Gasteiger partial charge in [0.15, 0.2) is 0 Å². The Kier molecular flexibility index (Phi) is 4.03. The highest BCUT2D eigenvalue weighted by Gasteiger charge is 2.09. The van der Waals surface area contributed by atoms with E-state index in [0.29, 0.717) is 16.7 Å². The van der Waals surface area contributed by atoms with Crippen LogP contribution in [0.2, 0.25) is 0 Å². The number of oxazole rings is 1. The van der Waals surface area contributed by atoms with E-state index in [4.69, 9.17) is 9.52 Å². The van der Waals surface area contributed by atoms with E-state index in [2.05, 4.69) is 9.97 Å². The molecule has 3 aromatic rings. The van der Waals surface area contributed by atoms with Crippen LogP contribution >= 0.6 is 23.1 Å². The first kappa shape index (κ1) is 13.8. The van der Waals surface area contributed by atoms with Crippen LogP contribution in [0, 0.1) is 0 Å². The van der Waals surface area contributed by atoms with Gasteiger partial charge in [-0.1, -0.05) is 17.8 Å². The van der Waals surface area contributed by atoms with Gasteiger partial charge in [0.25, 0.3) is 0 Å². The molecule has 0 amide bonds. The van der Waals surface area contributed by atoms with Crippen LogP contribution in [0.15, 0.2) is 51.5 Å². The fourth-order valence-corrected chi connectivity index (χ4v) is 3.09. The maximum Gasteiger partial charge on any atom is 0.335 e. The number of thiophene rings is 1. The van der Waals surface area contributed by atoms with Gasteiger partial charge in [-0.05, 0) is 23.6 Å². The molecule has 0 bridgehead atoms. The van der Waals surface area contributed by atoms with Crippen LogP contribution < -0.4 is 0 Å². The van der Waals surface area contributed by atoms with Crippen LogP contribution in [0.1, 0.15) is 16.1 Å². The number of rotatable bonds is 5. The Labute approximate surface area is 128 Å². The SMILES string of the molecule is O=C(O)c1ccnc(SCc2coc(-c3cccs3)n2)c1. The third kappa shape index (κ3) is 3.32. The Morgan fingerprint density at radius 2 is 2.33 bits per heavy atom. The number of aromatic nitrogens is 2. The van der Waals surface area contributed by atoms with Crippen molar-refractivity contribution in [3.8, 4) is 10.8 Å². The largest absolute Gasteiger partial charge is 0.478 e. The fourth-order valence-electron chi connectivity index (χ4n) is 1.66. The van der Waals surface area contributed by atoms with Gasteiger partial charge in [-0.3, -0.25) is 0 Å². The highest BCUT2D eigenvalue weighted by molar-refractivity contribution is 7.98. The molecule has 5 nitrogen and oxygen atoms in total. The highest BCUT2D eigenvalue weighted by Crippen LogP contribution is 2.26. The molecular weight excluding hydrogens is 308 g/mol. The second-order valence-corrected chi connectivity index (χ2v) is 6.04. The van der Waals surface area contributed by atoms with Crippen LogP contribution in [0.3, 0.4) is 0 Å². The number of aromatic carboxylic acids is 1. The van der Waals surface area contributed by atoms with Crippen LogP contribution in [-0.4, -0.2) is 21.0 Å². The van der Waals surface area contributed by atoms with Crippen LogP contribution in [0.5, 0.6) is 0 Å². The van der Waals surface area contributed by atoms with E-state index in [9.17, 15) is 4.79 Å². The van der Waals surface area contributed by atoms with E-state index in [-0.39, 0.29) is 5.56 Å². The molecule has 0 saturated heterocycles. The molecule has 0 atom stereocenters. The zero-order valence-electron chi connectivity index (χ0n) is 10.7. The molecule has 21 heavy (non-hydrogen) atoms. The predicted octanol–water partition coefficient (Wildman–Crippen LogP) is 3.79. The molecule has 1 N–H and O–H groups in total. The van der Waals surface area contributed by atoms with Gasteiger partial charge in [-0.25, -0.2) is 14.8 Å². The minimum Gasteiger partial charge on any atom is -0.478 e. The van der Waals surface area contributed by atoms with E-state index in [1.165, 1.54) is 24.0 Å². The minimum atomic E-state index is -0.958. The maximum atomic E-state index is 10.9. The number of carboxylic acid groups (broad SMARTS) is 1. The first-order valence-corrected chi connectivity index (χ1v) is 7.89. The van der Waals surface area contributed by atoms with Crippen molar-refractivity contribution in [2.45, 2.75) is 10.8 Å². The summed E-state index contributed by atoms with van der Waals surface area (Å²) in [6.07, 6.45) is 3.11. The number of hydrogen-bond acceptors (Lipinski definition) is 6. The average Bonchev–Trinajstić information content (AvgIpc) is 3.16. The molecule has 0 saturated carbocycles. The Morgan fingerprint density at radius 3 is 3.10 bits per heavy atom. The molecule has 0 aliphatic rings. The van der Waals surface area contributed by atoms with Gasteiger partial charge >= 0.3 is 5.97 Å². The van der Waals surface area contributed by atoms with E-state index < -0.39 is 5.97 Å². The standard InChI is InChI=1S/C14H10N2O3S2/c17-14(18)9-3-4-15-12(6-9)21-8-10-7-19-13(16-10)11-2-1-5-20-11/h1-7H,8H2,(H,17,18). The van der Waals surface area contributed by atoms with E-state index in [0.717, 1.165) is 10.6 Å². The summed E-state index contributed by atoms with van der Waals surface area (Å²) in [4.78, 5) is 20.4. The van der Waals surface area contributed by atoms with Gasteiger partial charge in [0, 0.05) is 11.9 Å². The Hall–Kier alpha value is -2.12. The van der Waals surface area contributed by atoms with Crippen molar-refractivity contribution >= 4 is 29.1 Å². The number of thioether (sulfide) groups is 1. The number of pyridine rings is 1. The van der Waals surface area contributed by atoms with Gasteiger partial charge in [0.1, 0.15) is 6.26 Å². The first-order valence-electron chi connectivity index (χ1n) is 6.03. The van der Waals surface area contributed by atoms with Gasteiger partial charge in [0.2, 0.25) is 5.89 Å². The summed E-state index contributed by atoms with van der Waals surface area (Å²) in [6.45, 7) is 0. The van der Waals surface area contributed by atoms with Crippen molar-refractivity contribution in [2.24, 2.45) is 0 Å². The van der Waals surface area contributed by atoms with Crippen molar-refractivity contribution < 1.29 is 14.3 Å². The Morgan fingerprint density at radius 1 is 1.43 bits per heavy atom. The van der Waals surface area contributed by atoms with Gasteiger partial charge < -0.3 is 9.52 Å². The lowest BCUT2D eigenvalue weighted by Gasteiger charge is -1.99. The molecule has 0 fully saturated rings. The lowest BCUT2D eigenvalue weighted by Crippen LogP contribution is -1.96. The summed E-state index contributed by atoms with van der Waals surface area (Å²) in [5, 5.41) is 11.6. The van der Waals surface area contributed by atoms with Crippen molar-refractivity contribution in [3.05, 3.63) is 53.4 Å². The molecule has 0 radical (unpaired) electrons. The summed E-state index contributed by atoms with van der Waals surface area (Å²) in [7, 11) is 0. The van der Waals surface area contributed by atoms with Crippen LogP contribution in [-0.2, 0) is 5.75 Å². The molecule has 3 rings (SSSR count). The van der Waals surface area contributed by atoms with Gasteiger partial charge in [0.05, 0.1) is 21.2 Å². The normalized spacial score (nSPS) is 10.7. The molecule has 106 valence electrons. The molecule has 7 heteroatoms. The lowest BCUT2D eigenvalue weighted by molar-refractivity contribution is 0.0696. The lowest BCUT2D eigenvalue weighted by atomic mass is 10.3. The molecule has 3 aromatic heterocycles. The number of hydrogen-bond donors (Lipinski definition) is 1. The maximum absolute atomic E-state index is 10.9. The second kappa shape index (κ2) is 6.11. The fraction of sp³-hybridized carbons (Fsp3) is 0.0714. The monoisotopic (exact) mass is 318 g/mol. The average molecular weight is 318 g/mol. The highest BCUT2D eigenvalue weighted by atomic mass is 32.2. The third-order valence-electron chi connectivity index (χ3n) is 2.63. The summed E-state index contributed by atoms with van der Waals surface area (Å²) in [6, 6.07) is 6.91. The third-order valence-corrected chi connectivity index (χ3v) is 4.45. The second-order valence-electron chi connectivity index (χ2n) is 4.10. The van der Waals surface area contributed by atoms with Crippen LogP contribution in [0.25, 0.3) is 10.8 Å². The topological polar surface area (TPSA) is 76.2 Å². The van der Waals surface area contributed by atoms with E-state index in [1.807, 2.05) is 17.5 Å². The Bertz CT molecular complexity index is 753. The summed E-state index contributed by atoms with van der Waals surface area (Å²) in [5.41, 5.74) is 1.03. The summed E-state index contributed by atoms with van der Waals surface area (Å²) < 4.78 is 5.43. The number of carbonyl (C=O) groups is 1. The summed E-state index contributed by atoms with van der Waals surface area (Å²) >= 11 is 2.99. The van der Waals surface area contributed by atoms with E-state index in [1.54, 1.807) is 23.7 Å². The van der Waals surface area contributed by atoms with Crippen molar-refractivity contribution in [1.82, 2.24) is 9.97 Å². The predicted molar refractivity (Wildman–Crippen MR) is 80.6 cm³/mol. The van der Waals surface area contributed by atoms with Gasteiger partial charge in [-0.15, -0.1) is 11.3 Å². The molecule has 0 unspecified atom stereocenters. The minimum absolute atomic E-state index is 0.229. The zero-order chi connectivity index (χ0) is 14.7. The molecule has 3 heterocycles. The molecule has 0 aliphatic carbocycles. The van der Waals surface area contributed by atoms with E-state index >= 15 is 0 Å². The molecule has 0 aromatic carbocycles. The molecular formula is C14H10N2O3S2. The quantitative estimate of drug-likeness (QED) is 0.721. The molecule has 0 aliphatic heterocycles. The number of carboxylic acids is 1. The van der Waals surface area contributed by atoms with Crippen molar-refractivity contribution in [1.29, 1.82) is 0 Å². The molecule has 0 spiro atoms. The zero-order valence-corrected chi connectivity index (χ0v) is 12.4. The summed E-state index contributed by atoms with van der Waals surface area (Å²) in [5.74, 6) is 0.221. The Balaban J connectivity index is 1.68. The van der Waals surface area contributed by atoms with Gasteiger partial charge in [-0.2, -0.15) is 0 Å². The van der Waals surface area contributed by atoms with Crippen molar-refractivity contribution in [2.75, 3.05) is 0 Å². The smallest absolute Gasteiger partial charge is 0.335 e. The van der Waals surface area contributed by atoms with Crippen LogP contribution in [0.4, 0.5) is 0 Å². The first-order chi connectivity index (χ1) is 10.2.